The molecule has 1 aromatic rings. The van der Waals surface area contributed by atoms with Gasteiger partial charge in [-0.1, -0.05) is 19.1 Å². The van der Waals surface area contributed by atoms with E-state index >= 15 is 0 Å². The molecule has 9 heteroatoms. The molecule has 0 bridgehead atoms. The van der Waals surface area contributed by atoms with E-state index in [0.29, 0.717) is 12.0 Å². The topological polar surface area (TPSA) is 184 Å². The minimum absolute atomic E-state index is 0.00174. The molecule has 0 aromatic heterocycles. The van der Waals surface area contributed by atoms with Crippen LogP contribution in [0.5, 0.6) is 5.75 Å². The van der Waals surface area contributed by atoms with Crippen LogP contribution in [0.1, 0.15) is 36.8 Å². The number of rotatable bonds is 2. The molecule has 158 valence electrons. The number of aliphatic hydroxyl groups is 3. The molecule has 1 saturated carbocycles. The van der Waals surface area contributed by atoms with Crippen molar-refractivity contribution < 1.29 is 34.8 Å². The van der Waals surface area contributed by atoms with Crippen molar-refractivity contribution in [3.8, 4) is 5.75 Å². The van der Waals surface area contributed by atoms with Gasteiger partial charge in [0.1, 0.15) is 22.8 Å². The largest absolute Gasteiger partial charge is 0.508 e. The third-order valence-electron chi connectivity index (χ3n) is 6.72. The van der Waals surface area contributed by atoms with Crippen LogP contribution in [-0.4, -0.2) is 49.5 Å². The number of amides is 1. The summed E-state index contributed by atoms with van der Waals surface area (Å²) in [4.78, 5) is 37.7. The molecule has 8 N–H and O–H groups in total. The summed E-state index contributed by atoms with van der Waals surface area (Å²) in [5.74, 6) is -7.33. The highest BCUT2D eigenvalue weighted by Crippen LogP contribution is 2.56. The minimum atomic E-state index is -2.68. The number of nitrogens with two attached hydrogens (primary N) is 2. The zero-order valence-electron chi connectivity index (χ0n) is 16.1. The summed E-state index contributed by atoms with van der Waals surface area (Å²) in [6, 6.07) is 3.28. The van der Waals surface area contributed by atoms with E-state index in [4.69, 9.17) is 11.5 Å². The predicted octanol–water partition coefficient (Wildman–Crippen LogP) is 0.312. The Bertz CT molecular complexity index is 1070. The van der Waals surface area contributed by atoms with Crippen molar-refractivity contribution in [3.63, 3.8) is 0 Å². The maximum absolute atomic E-state index is 13.5. The lowest BCUT2D eigenvalue weighted by molar-refractivity contribution is -0.149. The number of phenols is 1. The van der Waals surface area contributed by atoms with Gasteiger partial charge in [-0.2, -0.15) is 0 Å². The zero-order valence-corrected chi connectivity index (χ0v) is 16.1. The Morgan fingerprint density at radius 3 is 2.50 bits per heavy atom. The van der Waals surface area contributed by atoms with E-state index in [2.05, 4.69) is 0 Å². The van der Waals surface area contributed by atoms with Gasteiger partial charge in [0.15, 0.2) is 11.4 Å². The summed E-state index contributed by atoms with van der Waals surface area (Å²) in [6.45, 7) is 1.87. The Hall–Kier alpha value is -3.17. The van der Waals surface area contributed by atoms with Crippen molar-refractivity contribution >= 4 is 23.2 Å². The van der Waals surface area contributed by atoms with E-state index < -0.39 is 58.0 Å². The third kappa shape index (κ3) is 2.27. The fourth-order valence-electron chi connectivity index (χ4n) is 5.32. The quantitative estimate of drug-likeness (QED) is 0.373. The Kier molecular flexibility index (Phi) is 4.30. The number of fused-ring (bicyclic) bond motifs is 3. The summed E-state index contributed by atoms with van der Waals surface area (Å²) in [6.07, 6.45) is 0.534. The maximum atomic E-state index is 13.5. The van der Waals surface area contributed by atoms with Gasteiger partial charge in [0, 0.05) is 11.5 Å². The first-order chi connectivity index (χ1) is 14.1. The number of primary amides is 1. The lowest BCUT2D eigenvalue weighted by atomic mass is 9.55. The lowest BCUT2D eigenvalue weighted by Crippen LogP contribution is -2.65. The highest BCUT2D eigenvalue weighted by atomic mass is 16.3. The number of hydrogen-bond acceptors (Lipinski definition) is 8. The second kappa shape index (κ2) is 6.41. The van der Waals surface area contributed by atoms with Crippen LogP contribution in [0, 0.1) is 11.8 Å². The molecule has 1 aromatic carbocycles. The fraction of sp³-hybridized carbons (Fsp3) is 0.381. The van der Waals surface area contributed by atoms with Gasteiger partial charge in [0.2, 0.25) is 5.78 Å². The van der Waals surface area contributed by atoms with E-state index in [0.717, 1.165) is 0 Å². The highest BCUT2D eigenvalue weighted by molar-refractivity contribution is 6.24. The van der Waals surface area contributed by atoms with E-state index in [1.807, 2.05) is 6.92 Å². The SMILES string of the molecule is CC[C@H]1c2cccc(O)c2C(O)=C2C(=O)[C@]3(O)C(O)=C(C(N)=O)C(=O)[C@@H](N)[C@@H]3C[C@@H]21. The summed E-state index contributed by atoms with van der Waals surface area (Å²) in [5.41, 5.74) is 8.12. The number of carbonyl (C=O) groups excluding carboxylic acids is 3. The van der Waals surface area contributed by atoms with Crippen molar-refractivity contribution in [1.82, 2.24) is 0 Å². The van der Waals surface area contributed by atoms with Crippen LogP contribution in [0.3, 0.4) is 0 Å². The Balaban J connectivity index is 2.01. The van der Waals surface area contributed by atoms with Gasteiger partial charge in [0.05, 0.1) is 11.6 Å². The average Bonchev–Trinajstić information content (AvgIpc) is 2.68. The first-order valence-corrected chi connectivity index (χ1v) is 9.63. The minimum Gasteiger partial charge on any atom is -0.508 e. The van der Waals surface area contributed by atoms with Crippen LogP contribution < -0.4 is 11.5 Å². The number of carbonyl (C=O) groups is 3. The molecule has 1 amide bonds. The standard InChI is InChI=1S/C21H22N2O7/c1-2-7-8-4-3-5-11(24)12(8)16(25)13-9(7)6-10-15(22)17(26)14(20(23)29)19(28)21(10,30)18(13)27/h3-5,7,9-10,15,24-25,28,30H,2,6,22H2,1H3,(H2,23,29)/t7-,9+,10-,15-,21-/m0/s1. The molecule has 3 aliphatic rings. The van der Waals surface area contributed by atoms with Crippen molar-refractivity contribution in [2.45, 2.75) is 37.3 Å². The molecule has 0 unspecified atom stereocenters. The van der Waals surface area contributed by atoms with Crippen molar-refractivity contribution in [2.24, 2.45) is 23.3 Å². The molecule has 0 heterocycles. The second-order valence-electron chi connectivity index (χ2n) is 8.04. The zero-order chi connectivity index (χ0) is 22.1. The Morgan fingerprint density at radius 1 is 1.23 bits per heavy atom. The molecular formula is C21H22N2O7. The molecule has 0 aliphatic heterocycles. The summed E-state index contributed by atoms with van der Waals surface area (Å²) in [5, 5.41) is 43.1. The van der Waals surface area contributed by atoms with E-state index in [-0.39, 0.29) is 29.2 Å². The predicted molar refractivity (Wildman–Crippen MR) is 104 cm³/mol. The van der Waals surface area contributed by atoms with Crippen molar-refractivity contribution in [1.29, 1.82) is 0 Å². The van der Waals surface area contributed by atoms with Crippen LogP contribution in [0.4, 0.5) is 0 Å². The van der Waals surface area contributed by atoms with Crippen LogP contribution in [-0.2, 0) is 14.4 Å². The van der Waals surface area contributed by atoms with Gasteiger partial charge in [-0.25, -0.2) is 0 Å². The second-order valence-corrected chi connectivity index (χ2v) is 8.04. The maximum Gasteiger partial charge on any atom is 0.255 e. The average molecular weight is 414 g/mol. The first-order valence-electron chi connectivity index (χ1n) is 9.63. The molecule has 0 saturated heterocycles. The van der Waals surface area contributed by atoms with E-state index in [1.165, 1.54) is 6.07 Å². The number of Topliss-reactive ketones (excluding diaryl/α,β-unsaturated/α-hetero) is 2. The van der Waals surface area contributed by atoms with Crippen molar-refractivity contribution in [2.75, 3.05) is 0 Å². The molecule has 9 nitrogen and oxygen atoms in total. The van der Waals surface area contributed by atoms with Crippen LogP contribution in [0.25, 0.3) is 5.76 Å². The van der Waals surface area contributed by atoms with Gasteiger partial charge in [-0.15, -0.1) is 0 Å². The molecule has 3 aliphatic carbocycles. The number of hydrogen-bond donors (Lipinski definition) is 6. The summed E-state index contributed by atoms with van der Waals surface area (Å²) >= 11 is 0. The first kappa shape index (κ1) is 20.1. The van der Waals surface area contributed by atoms with Gasteiger partial charge < -0.3 is 31.9 Å². The van der Waals surface area contributed by atoms with Gasteiger partial charge in [0.25, 0.3) is 5.91 Å². The molecule has 4 rings (SSSR count). The summed E-state index contributed by atoms with van der Waals surface area (Å²) < 4.78 is 0. The number of benzene rings is 1. The van der Waals surface area contributed by atoms with E-state index in [1.54, 1.807) is 12.1 Å². The number of aliphatic hydroxyl groups excluding tert-OH is 2. The third-order valence-corrected chi connectivity index (χ3v) is 6.72. The van der Waals surface area contributed by atoms with E-state index in [9.17, 15) is 34.8 Å². The van der Waals surface area contributed by atoms with Gasteiger partial charge in [-0.05, 0) is 36.3 Å². The molecule has 1 fully saturated rings. The van der Waals surface area contributed by atoms with Crippen LogP contribution >= 0.6 is 0 Å². The summed E-state index contributed by atoms with van der Waals surface area (Å²) in [7, 11) is 0. The molecular weight excluding hydrogens is 392 g/mol. The number of ketones is 2. The fourth-order valence-corrected chi connectivity index (χ4v) is 5.32. The van der Waals surface area contributed by atoms with Crippen LogP contribution in [0.2, 0.25) is 0 Å². The Labute approximate surface area is 171 Å². The van der Waals surface area contributed by atoms with Gasteiger partial charge >= 0.3 is 0 Å². The highest BCUT2D eigenvalue weighted by Gasteiger charge is 2.63. The Morgan fingerprint density at radius 2 is 1.90 bits per heavy atom. The number of phenolic OH excluding ortho intramolecular Hbond substituents is 1. The van der Waals surface area contributed by atoms with Gasteiger partial charge in [-0.3, -0.25) is 14.4 Å². The number of aromatic hydroxyl groups is 1. The molecule has 0 radical (unpaired) electrons. The van der Waals surface area contributed by atoms with Crippen LogP contribution in [0.15, 0.2) is 35.1 Å². The smallest absolute Gasteiger partial charge is 0.255 e. The monoisotopic (exact) mass is 414 g/mol. The van der Waals surface area contributed by atoms with Crippen molar-refractivity contribution in [3.05, 3.63) is 46.2 Å². The molecule has 5 atom stereocenters. The lowest BCUT2D eigenvalue weighted by Gasteiger charge is -2.49. The normalized spacial score (nSPS) is 33.2. The molecule has 30 heavy (non-hydrogen) atoms. The molecule has 0 spiro atoms.